The number of rotatable bonds is 2. The molecular formula is C9H8N2O2S. The van der Waals surface area contributed by atoms with Crippen molar-refractivity contribution in [2.45, 2.75) is 0 Å². The molecule has 5 heteroatoms. The number of hydrogen-bond acceptors (Lipinski definition) is 4. The average molecular weight is 208 g/mol. The number of carbonyl (C=O) groups is 2. The van der Waals surface area contributed by atoms with Crippen LogP contribution in [0, 0.1) is 0 Å². The second-order valence-corrected chi connectivity index (χ2v) is 3.33. The third-order valence-corrected chi connectivity index (χ3v) is 2.25. The number of imide groups is 1. The molecule has 14 heavy (non-hydrogen) atoms. The molecule has 1 aromatic heterocycles. The first kappa shape index (κ1) is 9.21. The molecule has 0 aromatic carbocycles. The summed E-state index contributed by atoms with van der Waals surface area (Å²) in [6.45, 7) is 0.330. The average Bonchev–Trinajstić information content (AvgIpc) is 2.45. The molecule has 72 valence electrons. The molecule has 2 heterocycles. The lowest BCUT2D eigenvalue weighted by Crippen LogP contribution is -2.31. The Morgan fingerprint density at radius 2 is 2.14 bits per heavy atom. The quantitative estimate of drug-likeness (QED) is 0.572. The van der Waals surface area contributed by atoms with Crippen LogP contribution in [-0.2, 0) is 0 Å². The third-order valence-electron chi connectivity index (χ3n) is 2.05. The van der Waals surface area contributed by atoms with Crippen LogP contribution < -0.4 is 0 Å². The summed E-state index contributed by atoms with van der Waals surface area (Å²) in [6, 6.07) is 3.26. The Morgan fingerprint density at radius 1 is 1.36 bits per heavy atom. The number of hydrogen-bond donors (Lipinski definition) is 1. The first-order chi connectivity index (χ1) is 6.75. The number of nitrogens with zero attached hydrogens (tertiary/aromatic N) is 2. The Balaban J connectivity index is 2.43. The Bertz CT molecular complexity index is 371. The van der Waals surface area contributed by atoms with Crippen LogP contribution in [0.15, 0.2) is 18.3 Å². The minimum Gasteiger partial charge on any atom is -0.272 e. The van der Waals surface area contributed by atoms with Gasteiger partial charge in [-0.2, -0.15) is 12.6 Å². The van der Waals surface area contributed by atoms with E-state index in [0.717, 1.165) is 0 Å². The number of carbonyl (C=O) groups excluding carboxylic acids is 2. The van der Waals surface area contributed by atoms with Gasteiger partial charge in [0.15, 0.2) is 0 Å². The predicted molar refractivity (Wildman–Crippen MR) is 53.5 cm³/mol. The molecule has 0 N–H and O–H groups in total. The van der Waals surface area contributed by atoms with Crippen molar-refractivity contribution < 1.29 is 9.59 Å². The topological polar surface area (TPSA) is 50.3 Å². The van der Waals surface area contributed by atoms with Crippen molar-refractivity contribution in [2.24, 2.45) is 0 Å². The minimum atomic E-state index is -0.320. The Hall–Kier alpha value is -1.36. The van der Waals surface area contributed by atoms with Gasteiger partial charge in [-0.05, 0) is 12.1 Å². The first-order valence-electron chi connectivity index (χ1n) is 4.18. The van der Waals surface area contributed by atoms with Crippen molar-refractivity contribution in [3.8, 4) is 0 Å². The summed E-state index contributed by atoms with van der Waals surface area (Å²) < 4.78 is 0. The number of pyridine rings is 1. The van der Waals surface area contributed by atoms with Gasteiger partial charge in [0.25, 0.3) is 11.8 Å². The molecule has 1 aliphatic rings. The fraction of sp³-hybridized carbons (Fsp3) is 0.222. The summed E-state index contributed by atoms with van der Waals surface area (Å²) in [7, 11) is 0. The SMILES string of the molecule is O=C1c2cccnc2C(=O)N1CCS. The Morgan fingerprint density at radius 3 is 2.79 bits per heavy atom. The normalized spacial score (nSPS) is 14.8. The van der Waals surface area contributed by atoms with Gasteiger partial charge in [-0.25, -0.2) is 0 Å². The molecule has 4 nitrogen and oxygen atoms in total. The maximum absolute atomic E-state index is 11.6. The maximum atomic E-state index is 11.6. The molecule has 0 bridgehead atoms. The summed E-state index contributed by atoms with van der Waals surface area (Å²) in [5.74, 6) is -0.127. The molecule has 0 atom stereocenters. The van der Waals surface area contributed by atoms with E-state index in [9.17, 15) is 9.59 Å². The van der Waals surface area contributed by atoms with E-state index in [1.165, 1.54) is 11.1 Å². The molecule has 0 radical (unpaired) electrons. The van der Waals surface area contributed by atoms with Gasteiger partial charge < -0.3 is 0 Å². The molecule has 0 unspecified atom stereocenters. The third kappa shape index (κ3) is 1.21. The summed E-state index contributed by atoms with van der Waals surface area (Å²) >= 11 is 3.99. The van der Waals surface area contributed by atoms with Crippen LogP contribution >= 0.6 is 12.6 Å². The van der Waals surface area contributed by atoms with Crippen LogP contribution in [0.3, 0.4) is 0 Å². The highest BCUT2D eigenvalue weighted by atomic mass is 32.1. The molecule has 0 fully saturated rings. The molecule has 2 amide bonds. The molecule has 0 saturated carbocycles. The predicted octanol–water partition coefficient (Wildman–Crippen LogP) is 0.607. The van der Waals surface area contributed by atoms with Crippen LogP contribution in [0.2, 0.25) is 0 Å². The van der Waals surface area contributed by atoms with Crippen LogP contribution in [0.25, 0.3) is 0 Å². The van der Waals surface area contributed by atoms with Gasteiger partial charge in [-0.3, -0.25) is 19.5 Å². The second kappa shape index (κ2) is 3.42. The molecule has 1 aliphatic heterocycles. The standard InChI is InChI=1S/C9H8N2O2S/c12-8-6-2-1-3-10-7(6)9(13)11(8)4-5-14/h1-3,14H,4-5H2. The monoisotopic (exact) mass is 208 g/mol. The van der Waals surface area contributed by atoms with E-state index in [0.29, 0.717) is 17.9 Å². The van der Waals surface area contributed by atoms with E-state index in [2.05, 4.69) is 17.6 Å². The van der Waals surface area contributed by atoms with Crippen LogP contribution in [0.1, 0.15) is 20.8 Å². The highest BCUT2D eigenvalue weighted by Crippen LogP contribution is 2.19. The fourth-order valence-corrected chi connectivity index (χ4v) is 1.62. The first-order valence-corrected chi connectivity index (χ1v) is 4.81. The Labute approximate surface area is 86.3 Å². The van der Waals surface area contributed by atoms with E-state index in [4.69, 9.17) is 0 Å². The summed E-state index contributed by atoms with van der Waals surface area (Å²) in [6.07, 6.45) is 1.51. The summed E-state index contributed by atoms with van der Waals surface area (Å²) in [4.78, 5) is 28.3. The van der Waals surface area contributed by atoms with E-state index >= 15 is 0 Å². The Kier molecular flexibility index (Phi) is 2.25. The molecular weight excluding hydrogens is 200 g/mol. The molecule has 1 aromatic rings. The van der Waals surface area contributed by atoms with Crippen molar-refractivity contribution in [2.75, 3.05) is 12.3 Å². The van der Waals surface area contributed by atoms with E-state index in [1.807, 2.05) is 0 Å². The van der Waals surface area contributed by atoms with E-state index in [-0.39, 0.29) is 17.5 Å². The van der Waals surface area contributed by atoms with Gasteiger partial charge in [0.2, 0.25) is 0 Å². The largest absolute Gasteiger partial charge is 0.280 e. The van der Waals surface area contributed by atoms with Gasteiger partial charge in [-0.15, -0.1) is 0 Å². The lowest BCUT2D eigenvalue weighted by molar-refractivity contribution is 0.0662. The van der Waals surface area contributed by atoms with Crippen LogP contribution in [-0.4, -0.2) is 34.0 Å². The molecule has 0 aliphatic carbocycles. The lowest BCUT2D eigenvalue weighted by Gasteiger charge is -2.10. The number of amides is 2. The number of aromatic nitrogens is 1. The zero-order chi connectivity index (χ0) is 10.1. The smallest absolute Gasteiger partial charge is 0.272 e. The van der Waals surface area contributed by atoms with Crippen molar-refractivity contribution in [1.82, 2.24) is 9.88 Å². The van der Waals surface area contributed by atoms with Gasteiger partial charge in [0.05, 0.1) is 5.56 Å². The van der Waals surface area contributed by atoms with Crippen molar-refractivity contribution in [3.63, 3.8) is 0 Å². The number of fused-ring (bicyclic) bond motifs is 1. The van der Waals surface area contributed by atoms with Gasteiger partial charge >= 0.3 is 0 Å². The minimum absolute atomic E-state index is 0.249. The van der Waals surface area contributed by atoms with E-state index < -0.39 is 0 Å². The van der Waals surface area contributed by atoms with Gasteiger partial charge in [0.1, 0.15) is 5.69 Å². The summed E-state index contributed by atoms with van der Waals surface area (Å²) in [5.41, 5.74) is 0.638. The van der Waals surface area contributed by atoms with Crippen molar-refractivity contribution in [1.29, 1.82) is 0 Å². The van der Waals surface area contributed by atoms with Crippen molar-refractivity contribution >= 4 is 24.4 Å². The van der Waals surface area contributed by atoms with Gasteiger partial charge in [0, 0.05) is 18.5 Å². The second-order valence-electron chi connectivity index (χ2n) is 2.89. The highest BCUT2D eigenvalue weighted by molar-refractivity contribution is 7.80. The summed E-state index contributed by atoms with van der Waals surface area (Å²) in [5, 5.41) is 0. The molecule has 2 rings (SSSR count). The van der Waals surface area contributed by atoms with Crippen LogP contribution in [0.4, 0.5) is 0 Å². The van der Waals surface area contributed by atoms with Gasteiger partial charge in [-0.1, -0.05) is 0 Å². The van der Waals surface area contributed by atoms with E-state index in [1.54, 1.807) is 12.1 Å². The highest BCUT2D eigenvalue weighted by Gasteiger charge is 2.35. The zero-order valence-electron chi connectivity index (χ0n) is 7.30. The number of thiol groups is 1. The maximum Gasteiger partial charge on any atom is 0.280 e. The lowest BCUT2D eigenvalue weighted by atomic mass is 10.2. The molecule has 0 spiro atoms. The zero-order valence-corrected chi connectivity index (χ0v) is 8.20. The molecule has 0 saturated heterocycles. The van der Waals surface area contributed by atoms with Crippen molar-refractivity contribution in [3.05, 3.63) is 29.6 Å². The van der Waals surface area contributed by atoms with Crippen LogP contribution in [0.5, 0.6) is 0 Å². The fourth-order valence-electron chi connectivity index (χ4n) is 1.42.